The first-order chi connectivity index (χ1) is 5.11. The average Bonchev–Trinajstić information content (AvgIpc) is 2.34. The minimum absolute atomic E-state index is 0.0434. The number of hydrogen-bond acceptors (Lipinski definition) is 2. The Kier molecular flexibility index (Phi) is 2.44. The highest BCUT2D eigenvalue weighted by Gasteiger charge is 2.11. The molecule has 0 saturated heterocycles. The summed E-state index contributed by atoms with van der Waals surface area (Å²) in [5.41, 5.74) is 0.853. The molecule has 1 rings (SSSR count). The van der Waals surface area contributed by atoms with Crippen LogP contribution in [0.5, 0.6) is 0 Å². The van der Waals surface area contributed by atoms with Gasteiger partial charge in [0.25, 0.3) is 5.91 Å². The Balaban J connectivity index is 2.85. The van der Waals surface area contributed by atoms with Crippen LogP contribution in [-0.4, -0.2) is 20.5 Å². The van der Waals surface area contributed by atoms with Crippen molar-refractivity contribution in [3.05, 3.63) is 18.0 Å². The Labute approximate surface area is 73.5 Å². The molecule has 11 heavy (non-hydrogen) atoms. The minimum Gasteiger partial charge on any atom is -0.271 e. The summed E-state index contributed by atoms with van der Waals surface area (Å²) in [6, 6.07) is 1.80. The number of carbonyl (C=O) groups is 1. The van der Waals surface area contributed by atoms with E-state index >= 15 is 0 Å². The number of hydrogen-bond donors (Lipinski definition) is 0. The number of rotatable bonds is 1. The van der Waals surface area contributed by atoms with E-state index in [2.05, 4.69) is 21.0 Å². The summed E-state index contributed by atoms with van der Waals surface area (Å²) in [6.07, 6.45) is 1.66. The first-order valence-electron chi connectivity index (χ1n) is 3.32. The van der Waals surface area contributed by atoms with Crippen molar-refractivity contribution in [1.82, 2.24) is 9.78 Å². The summed E-state index contributed by atoms with van der Waals surface area (Å²) in [6.45, 7) is 3.63. The Morgan fingerprint density at radius 2 is 2.45 bits per heavy atom. The lowest BCUT2D eigenvalue weighted by Gasteiger charge is -2.00. The number of aryl methyl sites for hydroxylation is 1. The van der Waals surface area contributed by atoms with Crippen LogP contribution in [0.4, 0.5) is 0 Å². The monoisotopic (exact) mass is 216 g/mol. The van der Waals surface area contributed by atoms with Gasteiger partial charge in [0.15, 0.2) is 0 Å². The van der Waals surface area contributed by atoms with Gasteiger partial charge in [0.1, 0.15) is 0 Å². The van der Waals surface area contributed by atoms with Gasteiger partial charge in [-0.3, -0.25) is 4.79 Å². The van der Waals surface area contributed by atoms with Crippen molar-refractivity contribution in [3.63, 3.8) is 0 Å². The highest BCUT2D eigenvalue weighted by molar-refractivity contribution is 9.10. The Hall–Kier alpha value is -0.640. The van der Waals surface area contributed by atoms with E-state index in [4.69, 9.17) is 0 Å². The minimum atomic E-state index is -0.179. The van der Waals surface area contributed by atoms with Gasteiger partial charge in [0.2, 0.25) is 0 Å². The molecule has 60 valence electrons. The third-order valence-electron chi connectivity index (χ3n) is 1.29. The Bertz CT molecular complexity index is 267. The van der Waals surface area contributed by atoms with Crippen molar-refractivity contribution in [3.8, 4) is 0 Å². The lowest BCUT2D eigenvalue weighted by Crippen LogP contribution is -2.19. The maximum absolute atomic E-state index is 11.2. The first kappa shape index (κ1) is 8.46. The van der Waals surface area contributed by atoms with Gasteiger partial charge in [0, 0.05) is 6.20 Å². The van der Waals surface area contributed by atoms with Crippen LogP contribution >= 0.6 is 15.9 Å². The fourth-order valence-electron chi connectivity index (χ4n) is 0.720. The van der Waals surface area contributed by atoms with Crippen LogP contribution in [0.25, 0.3) is 0 Å². The van der Waals surface area contributed by atoms with Gasteiger partial charge in [-0.05, 0) is 19.9 Å². The van der Waals surface area contributed by atoms with Crippen LogP contribution in [0.3, 0.4) is 0 Å². The molecule has 0 aliphatic carbocycles. The molecule has 0 bridgehead atoms. The number of halogens is 1. The van der Waals surface area contributed by atoms with E-state index in [9.17, 15) is 4.79 Å². The van der Waals surface area contributed by atoms with Gasteiger partial charge in [-0.1, -0.05) is 15.9 Å². The highest BCUT2D eigenvalue weighted by atomic mass is 79.9. The number of carbonyl (C=O) groups excluding carboxylic acids is 1. The molecule has 0 aromatic carbocycles. The third-order valence-corrected chi connectivity index (χ3v) is 1.68. The SMILES string of the molecule is Cc1ccn(C(=O)C(C)Br)n1. The fraction of sp³-hybridized carbons (Fsp3) is 0.429. The molecule has 1 heterocycles. The van der Waals surface area contributed by atoms with Crippen molar-refractivity contribution in [2.75, 3.05) is 0 Å². The lowest BCUT2D eigenvalue weighted by molar-refractivity contribution is 0.0901. The third kappa shape index (κ3) is 1.89. The highest BCUT2D eigenvalue weighted by Crippen LogP contribution is 2.02. The number of nitrogens with zero attached hydrogens (tertiary/aromatic N) is 2. The molecule has 4 heteroatoms. The standard InChI is InChI=1S/C7H9BrN2O/c1-5-3-4-10(9-5)7(11)6(2)8/h3-4,6H,1-2H3. The summed E-state index contributed by atoms with van der Waals surface area (Å²) >= 11 is 3.18. The van der Waals surface area contributed by atoms with Crippen LogP contribution < -0.4 is 0 Å². The molecule has 0 aliphatic rings. The van der Waals surface area contributed by atoms with Gasteiger partial charge in [-0.25, -0.2) is 4.68 Å². The zero-order valence-electron chi connectivity index (χ0n) is 6.41. The van der Waals surface area contributed by atoms with Crippen molar-refractivity contribution < 1.29 is 4.79 Å². The van der Waals surface area contributed by atoms with E-state index in [-0.39, 0.29) is 10.7 Å². The van der Waals surface area contributed by atoms with Crippen LogP contribution in [0.2, 0.25) is 0 Å². The quantitative estimate of drug-likeness (QED) is 0.670. The Morgan fingerprint density at radius 1 is 1.82 bits per heavy atom. The lowest BCUT2D eigenvalue weighted by atomic mass is 10.4. The second-order valence-corrected chi connectivity index (χ2v) is 3.73. The van der Waals surface area contributed by atoms with Crippen molar-refractivity contribution in [1.29, 1.82) is 0 Å². The van der Waals surface area contributed by atoms with E-state index in [1.54, 1.807) is 19.2 Å². The number of alkyl halides is 1. The zero-order valence-corrected chi connectivity index (χ0v) is 8.00. The fourth-order valence-corrected chi connectivity index (χ4v) is 0.930. The van der Waals surface area contributed by atoms with Crippen molar-refractivity contribution in [2.24, 2.45) is 0 Å². The molecule has 3 nitrogen and oxygen atoms in total. The van der Waals surface area contributed by atoms with E-state index in [0.717, 1.165) is 5.69 Å². The predicted molar refractivity (Wildman–Crippen MR) is 46.0 cm³/mol. The molecule has 0 N–H and O–H groups in total. The first-order valence-corrected chi connectivity index (χ1v) is 4.23. The second kappa shape index (κ2) is 3.17. The number of aromatic nitrogens is 2. The largest absolute Gasteiger partial charge is 0.271 e. The van der Waals surface area contributed by atoms with Crippen LogP contribution in [0.1, 0.15) is 17.4 Å². The van der Waals surface area contributed by atoms with Crippen LogP contribution in [0, 0.1) is 6.92 Å². The van der Waals surface area contributed by atoms with E-state index in [1.807, 2.05) is 6.92 Å². The summed E-state index contributed by atoms with van der Waals surface area (Å²) in [7, 11) is 0. The topological polar surface area (TPSA) is 34.9 Å². The van der Waals surface area contributed by atoms with Crippen molar-refractivity contribution >= 4 is 21.8 Å². The van der Waals surface area contributed by atoms with Gasteiger partial charge in [-0.15, -0.1) is 0 Å². The molecule has 0 radical (unpaired) electrons. The molecular formula is C7H9BrN2O. The molecule has 0 saturated carbocycles. The summed E-state index contributed by atoms with van der Waals surface area (Å²) in [5.74, 6) is -0.0434. The second-order valence-electron chi connectivity index (χ2n) is 2.36. The van der Waals surface area contributed by atoms with Crippen LogP contribution in [-0.2, 0) is 0 Å². The smallest absolute Gasteiger partial charge is 0.260 e. The predicted octanol–water partition coefficient (Wildman–Crippen LogP) is 1.62. The molecule has 1 aromatic rings. The molecule has 1 atom stereocenters. The van der Waals surface area contributed by atoms with Gasteiger partial charge in [0.05, 0.1) is 10.5 Å². The normalized spacial score (nSPS) is 13.0. The molecule has 0 amide bonds. The average molecular weight is 217 g/mol. The van der Waals surface area contributed by atoms with E-state index in [0.29, 0.717) is 0 Å². The molecule has 1 unspecified atom stereocenters. The maximum atomic E-state index is 11.2. The van der Waals surface area contributed by atoms with Crippen LogP contribution in [0.15, 0.2) is 12.3 Å². The summed E-state index contributed by atoms with van der Waals surface area (Å²) < 4.78 is 1.34. The van der Waals surface area contributed by atoms with E-state index < -0.39 is 0 Å². The summed E-state index contributed by atoms with van der Waals surface area (Å²) in [4.78, 5) is 11.0. The van der Waals surface area contributed by atoms with Gasteiger partial charge in [-0.2, -0.15) is 5.10 Å². The molecule has 0 fully saturated rings. The maximum Gasteiger partial charge on any atom is 0.260 e. The molecule has 0 aliphatic heterocycles. The van der Waals surface area contributed by atoms with Gasteiger partial charge >= 0.3 is 0 Å². The zero-order chi connectivity index (χ0) is 8.43. The van der Waals surface area contributed by atoms with Gasteiger partial charge < -0.3 is 0 Å². The van der Waals surface area contributed by atoms with E-state index in [1.165, 1.54) is 4.68 Å². The molecule has 0 spiro atoms. The summed E-state index contributed by atoms with van der Waals surface area (Å²) in [5, 5.41) is 3.97. The molecular weight excluding hydrogens is 208 g/mol. The van der Waals surface area contributed by atoms with Crippen molar-refractivity contribution in [2.45, 2.75) is 18.7 Å². The Morgan fingerprint density at radius 3 is 2.82 bits per heavy atom. The molecule has 1 aromatic heterocycles.